The van der Waals surface area contributed by atoms with Crippen molar-refractivity contribution in [2.45, 2.75) is 18.4 Å². The quantitative estimate of drug-likeness (QED) is 0.729. The van der Waals surface area contributed by atoms with Crippen molar-refractivity contribution in [2.75, 3.05) is 14.1 Å². The highest BCUT2D eigenvalue weighted by atomic mass is 16.4. The minimum absolute atomic E-state index is 0.304. The van der Waals surface area contributed by atoms with Gasteiger partial charge in [-0.25, -0.2) is 4.79 Å². The van der Waals surface area contributed by atoms with Gasteiger partial charge in [0.25, 0.3) is 0 Å². The van der Waals surface area contributed by atoms with Crippen LogP contribution >= 0.6 is 0 Å². The Hall–Kier alpha value is -2.33. The highest BCUT2D eigenvalue weighted by Crippen LogP contribution is 2.47. The fraction of sp³-hybridized carbons (Fsp3) is 0.316. The standard InChI is InChI=1S/C19H20N2O2/c1-20(2)16-9-13(12-7-5-4-6-8-12)14-10-17-18(11-15(14)16)23-19(22)21(17)3/h4-8,10-11,13,16H,9H2,1-3H3. The summed E-state index contributed by atoms with van der Waals surface area (Å²) in [5.74, 6) is 0.0503. The summed E-state index contributed by atoms with van der Waals surface area (Å²) in [5, 5.41) is 0. The molecule has 0 amide bonds. The van der Waals surface area contributed by atoms with Crippen LogP contribution in [-0.4, -0.2) is 23.6 Å². The molecular weight excluding hydrogens is 288 g/mol. The van der Waals surface area contributed by atoms with Gasteiger partial charge in [0.15, 0.2) is 5.58 Å². The number of hydrogen-bond donors (Lipinski definition) is 0. The van der Waals surface area contributed by atoms with Crippen molar-refractivity contribution >= 4 is 11.1 Å². The van der Waals surface area contributed by atoms with Crippen molar-refractivity contribution in [3.63, 3.8) is 0 Å². The van der Waals surface area contributed by atoms with Crippen LogP contribution in [0.5, 0.6) is 0 Å². The molecule has 0 saturated carbocycles. The zero-order valence-corrected chi connectivity index (χ0v) is 13.6. The first-order chi connectivity index (χ1) is 11.1. The average Bonchev–Trinajstić information content (AvgIpc) is 3.05. The first-order valence-corrected chi connectivity index (χ1v) is 7.91. The average molecular weight is 308 g/mol. The van der Waals surface area contributed by atoms with E-state index in [0.717, 1.165) is 11.9 Å². The summed E-state index contributed by atoms with van der Waals surface area (Å²) < 4.78 is 6.97. The fourth-order valence-electron chi connectivity index (χ4n) is 3.76. The summed E-state index contributed by atoms with van der Waals surface area (Å²) >= 11 is 0. The third-order valence-electron chi connectivity index (χ3n) is 5.02. The molecule has 0 radical (unpaired) electrons. The van der Waals surface area contributed by atoms with Crippen molar-refractivity contribution in [1.29, 1.82) is 0 Å². The fourth-order valence-corrected chi connectivity index (χ4v) is 3.76. The van der Waals surface area contributed by atoms with Crippen LogP contribution in [0, 0.1) is 0 Å². The van der Waals surface area contributed by atoms with Crippen molar-refractivity contribution in [2.24, 2.45) is 7.05 Å². The topological polar surface area (TPSA) is 38.4 Å². The predicted molar refractivity (Wildman–Crippen MR) is 90.8 cm³/mol. The van der Waals surface area contributed by atoms with Crippen molar-refractivity contribution in [1.82, 2.24) is 9.47 Å². The molecule has 4 heteroatoms. The zero-order chi connectivity index (χ0) is 16.1. The molecule has 0 saturated heterocycles. The Morgan fingerprint density at radius 1 is 1.13 bits per heavy atom. The number of benzene rings is 2. The lowest BCUT2D eigenvalue weighted by Gasteiger charge is -2.20. The molecule has 2 unspecified atom stereocenters. The second-order valence-corrected chi connectivity index (χ2v) is 6.55. The van der Waals surface area contributed by atoms with Crippen LogP contribution in [0.4, 0.5) is 0 Å². The molecule has 4 rings (SSSR count). The molecule has 1 aliphatic rings. The minimum Gasteiger partial charge on any atom is -0.408 e. The second-order valence-electron chi connectivity index (χ2n) is 6.55. The van der Waals surface area contributed by atoms with E-state index in [1.54, 1.807) is 11.6 Å². The zero-order valence-electron chi connectivity index (χ0n) is 13.6. The van der Waals surface area contributed by atoms with E-state index in [4.69, 9.17) is 4.42 Å². The molecule has 0 aliphatic heterocycles. The van der Waals surface area contributed by atoms with Crippen molar-refractivity contribution < 1.29 is 4.42 Å². The molecule has 1 heterocycles. The molecule has 1 aliphatic carbocycles. The Morgan fingerprint density at radius 3 is 2.57 bits per heavy atom. The summed E-state index contributed by atoms with van der Waals surface area (Å²) in [6.07, 6.45) is 1.05. The van der Waals surface area contributed by atoms with E-state index in [2.05, 4.69) is 55.4 Å². The minimum atomic E-state index is -0.304. The molecule has 0 N–H and O–H groups in total. The van der Waals surface area contributed by atoms with Crippen LogP contribution in [0.1, 0.15) is 35.1 Å². The number of fused-ring (bicyclic) bond motifs is 2. The monoisotopic (exact) mass is 308 g/mol. The maximum absolute atomic E-state index is 11.8. The maximum atomic E-state index is 11.8. The number of aryl methyl sites for hydroxylation is 1. The number of aromatic nitrogens is 1. The summed E-state index contributed by atoms with van der Waals surface area (Å²) in [6, 6.07) is 15.1. The van der Waals surface area contributed by atoms with Crippen molar-refractivity contribution in [3.8, 4) is 0 Å². The molecule has 3 aromatic rings. The van der Waals surface area contributed by atoms with Gasteiger partial charge in [-0.3, -0.25) is 4.57 Å². The van der Waals surface area contributed by atoms with Crippen LogP contribution in [0.25, 0.3) is 11.1 Å². The number of nitrogens with zero attached hydrogens (tertiary/aromatic N) is 2. The molecule has 0 fully saturated rings. The van der Waals surface area contributed by atoms with Crippen molar-refractivity contribution in [3.05, 3.63) is 69.7 Å². The number of rotatable bonds is 2. The van der Waals surface area contributed by atoms with Gasteiger partial charge in [0.05, 0.1) is 5.52 Å². The van der Waals surface area contributed by atoms with Gasteiger partial charge in [0.2, 0.25) is 0 Å². The molecule has 0 bridgehead atoms. The normalized spacial score (nSPS) is 20.3. The van der Waals surface area contributed by atoms with Gasteiger partial charge in [0.1, 0.15) is 0 Å². The van der Waals surface area contributed by atoms with E-state index in [0.29, 0.717) is 17.5 Å². The van der Waals surface area contributed by atoms with E-state index < -0.39 is 0 Å². The number of hydrogen-bond acceptors (Lipinski definition) is 3. The SMILES string of the molecule is CN(C)C1CC(c2ccccc2)c2cc3c(cc21)oc(=O)n3C. The van der Waals surface area contributed by atoms with Crippen LogP contribution < -0.4 is 5.76 Å². The van der Waals surface area contributed by atoms with Gasteiger partial charge in [-0.15, -0.1) is 0 Å². The summed E-state index contributed by atoms with van der Waals surface area (Å²) in [6.45, 7) is 0. The maximum Gasteiger partial charge on any atom is 0.419 e. The highest BCUT2D eigenvalue weighted by Gasteiger charge is 2.34. The third kappa shape index (κ3) is 2.13. The summed E-state index contributed by atoms with van der Waals surface area (Å²) in [5.41, 5.74) is 5.45. The molecule has 23 heavy (non-hydrogen) atoms. The molecular formula is C19H20N2O2. The Morgan fingerprint density at radius 2 is 1.87 bits per heavy atom. The van der Waals surface area contributed by atoms with E-state index in [9.17, 15) is 4.79 Å². The van der Waals surface area contributed by atoms with Gasteiger partial charge in [0, 0.05) is 19.0 Å². The van der Waals surface area contributed by atoms with Crippen LogP contribution in [0.2, 0.25) is 0 Å². The largest absolute Gasteiger partial charge is 0.419 e. The van der Waals surface area contributed by atoms with Gasteiger partial charge >= 0.3 is 5.76 Å². The van der Waals surface area contributed by atoms with Gasteiger partial charge in [-0.2, -0.15) is 0 Å². The number of oxazole rings is 1. The smallest absolute Gasteiger partial charge is 0.408 e. The van der Waals surface area contributed by atoms with Crippen LogP contribution in [-0.2, 0) is 7.05 Å². The Balaban J connectivity index is 1.96. The molecule has 4 nitrogen and oxygen atoms in total. The highest BCUT2D eigenvalue weighted by molar-refractivity contribution is 5.76. The van der Waals surface area contributed by atoms with Gasteiger partial charge in [-0.1, -0.05) is 30.3 Å². The Bertz CT molecular complexity index is 922. The Kier molecular flexibility index (Phi) is 3.16. The lowest BCUT2D eigenvalue weighted by molar-refractivity contribution is 0.293. The molecule has 2 atom stereocenters. The van der Waals surface area contributed by atoms with Crippen LogP contribution in [0.15, 0.2) is 51.7 Å². The predicted octanol–water partition coefficient (Wildman–Crippen LogP) is 3.27. The van der Waals surface area contributed by atoms with E-state index in [1.165, 1.54) is 16.7 Å². The van der Waals surface area contributed by atoms with Crippen LogP contribution in [0.3, 0.4) is 0 Å². The molecule has 2 aromatic carbocycles. The van der Waals surface area contributed by atoms with E-state index >= 15 is 0 Å². The molecule has 0 spiro atoms. The Labute approximate surface area is 134 Å². The van der Waals surface area contributed by atoms with E-state index in [1.807, 2.05) is 6.07 Å². The lowest BCUT2D eigenvalue weighted by atomic mass is 9.93. The summed E-state index contributed by atoms with van der Waals surface area (Å²) in [7, 11) is 5.97. The van der Waals surface area contributed by atoms with Gasteiger partial charge < -0.3 is 9.32 Å². The van der Waals surface area contributed by atoms with Gasteiger partial charge in [-0.05, 0) is 49.3 Å². The summed E-state index contributed by atoms with van der Waals surface area (Å²) in [4.78, 5) is 14.1. The first-order valence-electron chi connectivity index (χ1n) is 7.91. The first kappa shape index (κ1) is 14.3. The molecule has 1 aromatic heterocycles. The molecule has 118 valence electrons. The lowest BCUT2D eigenvalue weighted by Crippen LogP contribution is -2.17. The second kappa shape index (κ2) is 5.10. The van der Waals surface area contributed by atoms with E-state index in [-0.39, 0.29) is 5.76 Å². The third-order valence-corrected chi connectivity index (χ3v) is 5.02.